The van der Waals surface area contributed by atoms with Gasteiger partial charge < -0.3 is 11.5 Å². The van der Waals surface area contributed by atoms with Crippen LogP contribution in [0.4, 0.5) is 5.69 Å². The fourth-order valence-electron chi connectivity index (χ4n) is 2.11. The van der Waals surface area contributed by atoms with Crippen molar-refractivity contribution in [2.75, 3.05) is 12.3 Å². The van der Waals surface area contributed by atoms with Gasteiger partial charge in [-0.25, -0.2) is 0 Å². The molecule has 2 aromatic rings. The average Bonchev–Trinajstić information content (AvgIpc) is 2.73. The molecule has 0 aliphatic heterocycles. The fraction of sp³-hybridized carbons (Fsp3) is 0.286. The third-order valence-electron chi connectivity index (χ3n) is 2.89. The third kappa shape index (κ3) is 4.10. The molecule has 0 unspecified atom stereocenters. The lowest BCUT2D eigenvalue weighted by Crippen LogP contribution is -2.33. The van der Waals surface area contributed by atoms with Gasteiger partial charge in [-0.05, 0) is 23.8 Å². The molecule has 1 amide bonds. The summed E-state index contributed by atoms with van der Waals surface area (Å²) in [5.41, 5.74) is 13.7. The topological polar surface area (TPSA) is 90.2 Å². The van der Waals surface area contributed by atoms with Crippen LogP contribution in [0, 0.1) is 0 Å². The van der Waals surface area contributed by atoms with Crippen molar-refractivity contribution in [2.24, 2.45) is 12.8 Å². The molecule has 0 atom stereocenters. The van der Waals surface area contributed by atoms with Gasteiger partial charge in [-0.2, -0.15) is 5.10 Å². The largest absolute Gasteiger partial charge is 0.399 e. The molecule has 0 bridgehead atoms. The highest BCUT2D eigenvalue weighted by molar-refractivity contribution is 5.75. The number of benzene rings is 1. The summed E-state index contributed by atoms with van der Waals surface area (Å²) in [7, 11) is 1.86. The second-order valence-electron chi connectivity index (χ2n) is 4.84. The molecule has 0 saturated carbocycles. The number of nitrogens with zero attached hydrogens (tertiary/aromatic N) is 3. The van der Waals surface area contributed by atoms with Gasteiger partial charge in [0.25, 0.3) is 0 Å². The fourth-order valence-corrected chi connectivity index (χ4v) is 2.11. The molecule has 0 aliphatic rings. The lowest BCUT2D eigenvalue weighted by atomic mass is 10.2. The highest BCUT2D eigenvalue weighted by Gasteiger charge is 2.11. The van der Waals surface area contributed by atoms with Gasteiger partial charge in [0.05, 0.1) is 12.2 Å². The standard InChI is InChI=1S/C14H19N5O/c1-18-6-5-13(17-18)9-19(10-14(16)20)8-11-3-2-4-12(15)7-11/h2-7H,8-10,15H2,1H3,(H2,16,20). The van der Waals surface area contributed by atoms with Gasteiger partial charge in [-0.1, -0.05) is 12.1 Å². The number of carbonyl (C=O) groups excluding carboxylic acids is 1. The Bertz CT molecular complexity index is 593. The van der Waals surface area contributed by atoms with E-state index in [1.807, 2.05) is 48.5 Å². The molecular formula is C14H19N5O. The molecule has 0 aliphatic carbocycles. The van der Waals surface area contributed by atoms with Crippen LogP contribution in [0.1, 0.15) is 11.3 Å². The van der Waals surface area contributed by atoms with Crippen molar-refractivity contribution in [3.05, 3.63) is 47.8 Å². The molecule has 106 valence electrons. The van der Waals surface area contributed by atoms with Crippen molar-refractivity contribution < 1.29 is 4.79 Å². The minimum Gasteiger partial charge on any atom is -0.399 e. The molecule has 1 aromatic carbocycles. The van der Waals surface area contributed by atoms with Crippen LogP contribution < -0.4 is 11.5 Å². The maximum Gasteiger partial charge on any atom is 0.231 e. The van der Waals surface area contributed by atoms with Crippen molar-refractivity contribution in [2.45, 2.75) is 13.1 Å². The zero-order valence-corrected chi connectivity index (χ0v) is 11.5. The van der Waals surface area contributed by atoms with Gasteiger partial charge in [-0.3, -0.25) is 14.4 Å². The number of hydrogen-bond donors (Lipinski definition) is 2. The lowest BCUT2D eigenvalue weighted by molar-refractivity contribution is -0.119. The quantitative estimate of drug-likeness (QED) is 0.749. The molecule has 1 heterocycles. The van der Waals surface area contributed by atoms with E-state index in [1.165, 1.54) is 0 Å². The van der Waals surface area contributed by atoms with E-state index in [-0.39, 0.29) is 12.5 Å². The zero-order chi connectivity index (χ0) is 14.5. The molecule has 6 heteroatoms. The molecule has 0 radical (unpaired) electrons. The molecule has 0 fully saturated rings. The van der Waals surface area contributed by atoms with Crippen molar-refractivity contribution in [3.8, 4) is 0 Å². The van der Waals surface area contributed by atoms with E-state index in [0.717, 1.165) is 11.3 Å². The number of carbonyl (C=O) groups is 1. The number of hydrogen-bond acceptors (Lipinski definition) is 4. The van der Waals surface area contributed by atoms with Gasteiger partial charge in [0, 0.05) is 32.0 Å². The number of rotatable bonds is 6. The molecule has 2 rings (SSSR count). The maximum atomic E-state index is 11.2. The van der Waals surface area contributed by atoms with Crippen LogP contribution in [-0.2, 0) is 24.9 Å². The number of primary amides is 1. The first-order chi connectivity index (χ1) is 9.52. The van der Waals surface area contributed by atoms with Crippen LogP contribution in [0.2, 0.25) is 0 Å². The van der Waals surface area contributed by atoms with E-state index in [2.05, 4.69) is 5.10 Å². The zero-order valence-electron chi connectivity index (χ0n) is 11.5. The first-order valence-corrected chi connectivity index (χ1v) is 6.36. The molecular weight excluding hydrogens is 254 g/mol. The Morgan fingerprint density at radius 1 is 1.35 bits per heavy atom. The van der Waals surface area contributed by atoms with Crippen molar-refractivity contribution in [1.82, 2.24) is 14.7 Å². The Hall–Kier alpha value is -2.34. The summed E-state index contributed by atoms with van der Waals surface area (Å²) in [6.45, 7) is 1.36. The summed E-state index contributed by atoms with van der Waals surface area (Å²) in [6.07, 6.45) is 1.87. The Kier molecular flexibility index (Phi) is 4.37. The number of anilines is 1. The summed E-state index contributed by atoms with van der Waals surface area (Å²) in [5.74, 6) is -0.357. The minimum atomic E-state index is -0.357. The Labute approximate surface area is 118 Å². The monoisotopic (exact) mass is 273 g/mol. The van der Waals surface area contributed by atoms with Gasteiger partial charge in [0.15, 0.2) is 0 Å². The van der Waals surface area contributed by atoms with Crippen LogP contribution in [0.3, 0.4) is 0 Å². The SMILES string of the molecule is Cn1ccc(CN(CC(N)=O)Cc2cccc(N)c2)n1. The second kappa shape index (κ2) is 6.21. The summed E-state index contributed by atoms with van der Waals surface area (Å²) < 4.78 is 1.73. The van der Waals surface area contributed by atoms with Crippen LogP contribution in [0.5, 0.6) is 0 Å². The smallest absolute Gasteiger partial charge is 0.231 e. The van der Waals surface area contributed by atoms with E-state index < -0.39 is 0 Å². The van der Waals surface area contributed by atoms with Crippen molar-refractivity contribution >= 4 is 11.6 Å². The Morgan fingerprint density at radius 3 is 2.75 bits per heavy atom. The number of nitrogens with two attached hydrogens (primary N) is 2. The van der Waals surface area contributed by atoms with Crippen LogP contribution >= 0.6 is 0 Å². The van der Waals surface area contributed by atoms with E-state index in [0.29, 0.717) is 18.8 Å². The molecule has 0 saturated heterocycles. The van der Waals surface area contributed by atoms with Crippen LogP contribution in [0.25, 0.3) is 0 Å². The second-order valence-corrected chi connectivity index (χ2v) is 4.84. The van der Waals surface area contributed by atoms with Crippen molar-refractivity contribution in [3.63, 3.8) is 0 Å². The van der Waals surface area contributed by atoms with Crippen LogP contribution in [-0.4, -0.2) is 27.1 Å². The highest BCUT2D eigenvalue weighted by atomic mass is 16.1. The van der Waals surface area contributed by atoms with E-state index in [4.69, 9.17) is 11.5 Å². The predicted octanol–water partition coefficient (Wildman–Crippen LogP) is 0.490. The Morgan fingerprint density at radius 2 is 2.15 bits per heavy atom. The van der Waals surface area contributed by atoms with Gasteiger partial charge in [-0.15, -0.1) is 0 Å². The van der Waals surface area contributed by atoms with E-state index in [9.17, 15) is 4.79 Å². The predicted molar refractivity (Wildman–Crippen MR) is 77.4 cm³/mol. The normalized spacial score (nSPS) is 10.9. The van der Waals surface area contributed by atoms with Gasteiger partial charge in [0.1, 0.15) is 0 Å². The number of aromatic nitrogens is 2. The summed E-state index contributed by atoms with van der Waals surface area (Å²) in [5, 5.41) is 4.32. The first-order valence-electron chi connectivity index (χ1n) is 6.36. The first kappa shape index (κ1) is 14.1. The van der Waals surface area contributed by atoms with Crippen LogP contribution in [0.15, 0.2) is 36.5 Å². The molecule has 4 N–H and O–H groups in total. The maximum absolute atomic E-state index is 11.2. The Balaban J connectivity index is 2.09. The van der Waals surface area contributed by atoms with Crippen molar-refractivity contribution in [1.29, 1.82) is 0 Å². The summed E-state index contributed by atoms with van der Waals surface area (Å²) in [4.78, 5) is 13.1. The third-order valence-corrected chi connectivity index (χ3v) is 2.89. The average molecular weight is 273 g/mol. The van der Waals surface area contributed by atoms with E-state index >= 15 is 0 Å². The number of amides is 1. The van der Waals surface area contributed by atoms with E-state index in [1.54, 1.807) is 4.68 Å². The van der Waals surface area contributed by atoms with Gasteiger partial charge in [0.2, 0.25) is 5.91 Å². The molecule has 1 aromatic heterocycles. The number of aryl methyl sites for hydroxylation is 1. The van der Waals surface area contributed by atoms with Gasteiger partial charge >= 0.3 is 0 Å². The molecule has 20 heavy (non-hydrogen) atoms. The minimum absolute atomic E-state index is 0.186. The number of nitrogen functional groups attached to an aromatic ring is 1. The summed E-state index contributed by atoms with van der Waals surface area (Å²) >= 11 is 0. The lowest BCUT2D eigenvalue weighted by Gasteiger charge is -2.19. The molecule has 6 nitrogen and oxygen atoms in total. The molecule has 0 spiro atoms. The highest BCUT2D eigenvalue weighted by Crippen LogP contribution is 2.11. The summed E-state index contributed by atoms with van der Waals surface area (Å²) in [6, 6.07) is 9.52.